The van der Waals surface area contributed by atoms with Crippen LogP contribution in [0.5, 0.6) is 0 Å². The third kappa shape index (κ3) is 3.82. The van der Waals surface area contributed by atoms with E-state index in [-0.39, 0.29) is 35.7 Å². The fourth-order valence-electron chi connectivity index (χ4n) is 3.37. The van der Waals surface area contributed by atoms with E-state index in [1.54, 1.807) is 6.26 Å². The maximum Gasteiger partial charge on any atom is 0.143 e. The monoisotopic (exact) mass is 326 g/mol. The van der Waals surface area contributed by atoms with Crippen LogP contribution in [0.25, 0.3) is 0 Å². The average Bonchev–Trinajstić information content (AvgIpc) is 3.08. The molecule has 1 heterocycles. The van der Waals surface area contributed by atoms with E-state index in [4.69, 9.17) is 9.15 Å². The van der Waals surface area contributed by atoms with Gasteiger partial charge in [0, 0.05) is 24.2 Å². The van der Waals surface area contributed by atoms with Gasteiger partial charge in [0.2, 0.25) is 0 Å². The van der Waals surface area contributed by atoms with Gasteiger partial charge in [-0.3, -0.25) is 9.59 Å². The molecule has 3 atom stereocenters. The summed E-state index contributed by atoms with van der Waals surface area (Å²) in [7, 11) is 0. The Bertz CT molecular complexity index is 675. The second kappa shape index (κ2) is 7.58. The lowest BCUT2D eigenvalue weighted by molar-refractivity contribution is -0.128. The summed E-state index contributed by atoms with van der Waals surface area (Å²) >= 11 is 0. The standard InChI is InChI=1S/C20H22O4/c1-14-18(13-23-12-15-6-3-2-4-7-15)17(20-8-5-9-24-20)10-16(21)11-19(14)22/h2-9,14,17-18H,10-13H2,1H3/t14-,17-,18+/m1/s1. The topological polar surface area (TPSA) is 56.5 Å². The smallest absolute Gasteiger partial charge is 0.143 e. The Kier molecular flexibility index (Phi) is 5.26. The minimum atomic E-state index is -0.220. The van der Waals surface area contributed by atoms with Gasteiger partial charge >= 0.3 is 0 Å². The maximum atomic E-state index is 12.3. The molecule has 126 valence electrons. The fourth-order valence-corrected chi connectivity index (χ4v) is 3.37. The molecular weight excluding hydrogens is 304 g/mol. The van der Waals surface area contributed by atoms with Crippen molar-refractivity contribution in [1.29, 1.82) is 0 Å². The zero-order chi connectivity index (χ0) is 16.9. The van der Waals surface area contributed by atoms with Gasteiger partial charge in [-0.1, -0.05) is 37.3 Å². The summed E-state index contributed by atoms with van der Waals surface area (Å²) < 4.78 is 11.4. The van der Waals surface area contributed by atoms with Gasteiger partial charge < -0.3 is 9.15 Å². The van der Waals surface area contributed by atoms with Gasteiger partial charge in [-0.05, 0) is 17.7 Å². The van der Waals surface area contributed by atoms with Crippen molar-refractivity contribution >= 4 is 11.6 Å². The minimum Gasteiger partial charge on any atom is -0.469 e. The van der Waals surface area contributed by atoms with Crippen LogP contribution in [0.2, 0.25) is 0 Å². The fraction of sp³-hybridized carbons (Fsp3) is 0.400. The Morgan fingerprint density at radius 3 is 2.62 bits per heavy atom. The quantitative estimate of drug-likeness (QED) is 0.620. The van der Waals surface area contributed by atoms with Crippen molar-refractivity contribution in [3.05, 3.63) is 60.1 Å². The summed E-state index contributed by atoms with van der Waals surface area (Å²) in [5.41, 5.74) is 1.09. The van der Waals surface area contributed by atoms with Crippen LogP contribution in [0.1, 0.15) is 37.0 Å². The Labute approximate surface area is 141 Å². The molecule has 1 aliphatic rings. The van der Waals surface area contributed by atoms with Gasteiger partial charge in [0.05, 0.1) is 25.9 Å². The number of carbonyl (C=O) groups excluding carboxylic acids is 2. The highest BCUT2D eigenvalue weighted by Gasteiger charge is 2.38. The summed E-state index contributed by atoms with van der Waals surface area (Å²) in [4.78, 5) is 24.4. The molecule has 0 radical (unpaired) electrons. The summed E-state index contributed by atoms with van der Waals surface area (Å²) in [5, 5.41) is 0. The molecule has 0 spiro atoms. The van der Waals surface area contributed by atoms with Crippen LogP contribution in [-0.4, -0.2) is 18.2 Å². The number of hydrogen-bond donors (Lipinski definition) is 0. The first kappa shape index (κ1) is 16.7. The zero-order valence-corrected chi connectivity index (χ0v) is 13.8. The van der Waals surface area contributed by atoms with E-state index in [1.807, 2.05) is 49.4 Å². The molecule has 3 rings (SSSR count). The SMILES string of the molecule is C[C@H]1C(=O)CC(=O)C[C@@H](c2ccco2)[C@H]1COCc1ccccc1. The Morgan fingerprint density at radius 1 is 1.12 bits per heavy atom. The molecule has 24 heavy (non-hydrogen) atoms. The van der Waals surface area contributed by atoms with Gasteiger partial charge in [-0.25, -0.2) is 0 Å². The van der Waals surface area contributed by atoms with Gasteiger partial charge in [-0.2, -0.15) is 0 Å². The number of carbonyl (C=O) groups is 2. The Balaban J connectivity index is 1.74. The van der Waals surface area contributed by atoms with Gasteiger partial charge in [0.1, 0.15) is 17.3 Å². The first-order valence-electron chi connectivity index (χ1n) is 8.34. The third-order valence-corrected chi connectivity index (χ3v) is 4.82. The maximum absolute atomic E-state index is 12.3. The van der Waals surface area contributed by atoms with Crippen molar-refractivity contribution in [2.75, 3.05) is 6.61 Å². The molecule has 0 unspecified atom stereocenters. The van der Waals surface area contributed by atoms with Gasteiger partial charge in [-0.15, -0.1) is 0 Å². The second-order valence-electron chi connectivity index (χ2n) is 6.46. The molecule has 0 N–H and O–H groups in total. The highest BCUT2D eigenvalue weighted by molar-refractivity contribution is 6.01. The van der Waals surface area contributed by atoms with Crippen molar-refractivity contribution in [2.45, 2.75) is 32.3 Å². The van der Waals surface area contributed by atoms with Crippen molar-refractivity contribution in [2.24, 2.45) is 11.8 Å². The molecule has 1 fully saturated rings. The first-order valence-corrected chi connectivity index (χ1v) is 8.34. The van der Waals surface area contributed by atoms with Crippen LogP contribution in [-0.2, 0) is 20.9 Å². The highest BCUT2D eigenvalue weighted by Crippen LogP contribution is 2.38. The van der Waals surface area contributed by atoms with E-state index in [0.29, 0.717) is 19.6 Å². The molecule has 2 aromatic rings. The predicted octanol–water partition coefficient (Wildman–Crippen LogP) is 3.76. The summed E-state index contributed by atoms with van der Waals surface area (Å²) in [6.07, 6.45) is 1.97. The van der Waals surface area contributed by atoms with E-state index in [9.17, 15) is 9.59 Å². The highest BCUT2D eigenvalue weighted by atomic mass is 16.5. The van der Waals surface area contributed by atoms with Crippen LogP contribution in [0.15, 0.2) is 53.1 Å². The lowest BCUT2D eigenvalue weighted by atomic mass is 9.80. The number of hydrogen-bond acceptors (Lipinski definition) is 4. The van der Waals surface area contributed by atoms with E-state index in [2.05, 4.69) is 0 Å². The van der Waals surface area contributed by atoms with Crippen LogP contribution in [0.3, 0.4) is 0 Å². The largest absolute Gasteiger partial charge is 0.469 e. The minimum absolute atomic E-state index is 0.00219. The number of Topliss-reactive ketones (excluding diaryl/α,β-unsaturated/α-hetero) is 2. The summed E-state index contributed by atoms with van der Waals surface area (Å²) in [5.74, 6) is 0.366. The third-order valence-electron chi connectivity index (χ3n) is 4.82. The molecule has 4 nitrogen and oxygen atoms in total. The zero-order valence-electron chi connectivity index (χ0n) is 13.8. The summed E-state index contributed by atoms with van der Waals surface area (Å²) in [6.45, 7) is 2.82. The van der Waals surface area contributed by atoms with Crippen molar-refractivity contribution in [1.82, 2.24) is 0 Å². The normalized spacial score (nSPS) is 24.8. The molecule has 0 amide bonds. The van der Waals surface area contributed by atoms with Gasteiger partial charge in [0.25, 0.3) is 0 Å². The lowest BCUT2D eigenvalue weighted by Gasteiger charge is -2.27. The van der Waals surface area contributed by atoms with Gasteiger partial charge in [0.15, 0.2) is 0 Å². The van der Waals surface area contributed by atoms with Crippen molar-refractivity contribution in [3.63, 3.8) is 0 Å². The lowest BCUT2D eigenvalue weighted by Crippen LogP contribution is -2.28. The molecule has 0 saturated heterocycles. The van der Waals surface area contributed by atoms with Crippen molar-refractivity contribution < 1.29 is 18.7 Å². The molecule has 0 bridgehead atoms. The van der Waals surface area contributed by atoms with Crippen LogP contribution in [0, 0.1) is 11.8 Å². The molecule has 0 aliphatic heterocycles. The molecule has 1 aromatic heterocycles. The average molecular weight is 326 g/mol. The van der Waals surface area contributed by atoms with E-state index in [0.717, 1.165) is 11.3 Å². The second-order valence-corrected chi connectivity index (χ2v) is 6.46. The number of rotatable bonds is 5. The Morgan fingerprint density at radius 2 is 1.92 bits per heavy atom. The number of ether oxygens (including phenoxy) is 1. The number of ketones is 2. The van der Waals surface area contributed by atoms with Crippen molar-refractivity contribution in [3.8, 4) is 0 Å². The molecule has 1 aliphatic carbocycles. The summed E-state index contributed by atoms with van der Waals surface area (Å²) in [6, 6.07) is 13.6. The first-order chi connectivity index (χ1) is 11.6. The molecule has 1 saturated carbocycles. The molecule has 1 aromatic carbocycles. The predicted molar refractivity (Wildman–Crippen MR) is 89.4 cm³/mol. The number of furan rings is 1. The number of benzene rings is 1. The van der Waals surface area contributed by atoms with Crippen LogP contribution in [0.4, 0.5) is 0 Å². The Hall–Kier alpha value is -2.20. The molecule has 4 heteroatoms. The van der Waals surface area contributed by atoms with Crippen LogP contribution < -0.4 is 0 Å². The van der Waals surface area contributed by atoms with E-state index >= 15 is 0 Å². The van der Waals surface area contributed by atoms with E-state index < -0.39 is 0 Å². The van der Waals surface area contributed by atoms with Crippen LogP contribution >= 0.6 is 0 Å². The molecular formula is C20H22O4. The van der Waals surface area contributed by atoms with E-state index in [1.165, 1.54) is 0 Å².